The first kappa shape index (κ1) is 16.0. The molecule has 4 amide bonds. The van der Waals surface area contributed by atoms with Crippen molar-refractivity contribution in [1.82, 2.24) is 20.7 Å². The van der Waals surface area contributed by atoms with Crippen LogP contribution in [0.3, 0.4) is 0 Å². The van der Waals surface area contributed by atoms with E-state index in [2.05, 4.69) is 22.7 Å². The maximum absolute atomic E-state index is 12.8. The quantitative estimate of drug-likeness (QED) is 0.807. The molecular weight excluding hydrogens is 340 g/mol. The van der Waals surface area contributed by atoms with Crippen LogP contribution in [0.2, 0.25) is 0 Å². The number of fused-ring (bicyclic) bond motifs is 1. The van der Waals surface area contributed by atoms with Gasteiger partial charge in [-0.3, -0.25) is 15.0 Å². The molecule has 2 aromatic rings. The number of hydrazine groups is 1. The van der Waals surface area contributed by atoms with Gasteiger partial charge < -0.3 is 5.32 Å². The number of rotatable bonds is 2. The number of hydrogen-bond donors (Lipinski definition) is 2. The van der Waals surface area contributed by atoms with Gasteiger partial charge in [-0.15, -0.1) is 11.3 Å². The van der Waals surface area contributed by atoms with Gasteiger partial charge in [0.1, 0.15) is 5.54 Å². The Kier molecular flexibility index (Phi) is 3.72. The van der Waals surface area contributed by atoms with Gasteiger partial charge in [0.2, 0.25) is 0 Å². The first-order valence-corrected chi connectivity index (χ1v) is 9.17. The number of imide groups is 1. The topological polar surface area (TPSA) is 91.4 Å². The average molecular weight is 358 g/mol. The number of nitrogens with zero attached hydrogens (tertiary/aromatic N) is 2. The highest BCUT2D eigenvalue weighted by Crippen LogP contribution is 2.35. The highest BCUT2D eigenvalue weighted by molar-refractivity contribution is 7.16. The molecule has 2 N–H and O–H groups in total. The van der Waals surface area contributed by atoms with Crippen LogP contribution in [0, 0.1) is 5.92 Å². The highest BCUT2D eigenvalue weighted by atomic mass is 32.1. The van der Waals surface area contributed by atoms with E-state index >= 15 is 0 Å². The van der Waals surface area contributed by atoms with Gasteiger partial charge >= 0.3 is 6.03 Å². The average Bonchev–Trinajstić information content (AvgIpc) is 3.16. The zero-order valence-electron chi connectivity index (χ0n) is 13.7. The Hall–Kier alpha value is -2.48. The molecule has 1 spiro atoms. The van der Waals surface area contributed by atoms with Crippen LogP contribution in [0.4, 0.5) is 4.79 Å². The van der Waals surface area contributed by atoms with E-state index in [0.29, 0.717) is 24.3 Å². The van der Waals surface area contributed by atoms with E-state index in [4.69, 9.17) is 0 Å². The Balaban J connectivity index is 1.52. The van der Waals surface area contributed by atoms with Crippen LogP contribution in [-0.4, -0.2) is 33.4 Å². The summed E-state index contributed by atoms with van der Waals surface area (Å²) < 4.78 is 0.877. The molecule has 4 rings (SSSR count). The van der Waals surface area contributed by atoms with Crippen molar-refractivity contribution in [3.05, 3.63) is 29.3 Å². The summed E-state index contributed by atoms with van der Waals surface area (Å²) in [4.78, 5) is 41.7. The zero-order chi connectivity index (χ0) is 17.6. The third-order valence-corrected chi connectivity index (χ3v) is 5.89. The monoisotopic (exact) mass is 358 g/mol. The van der Waals surface area contributed by atoms with Crippen molar-refractivity contribution in [2.45, 2.75) is 38.1 Å². The Bertz CT molecular complexity index is 870. The summed E-state index contributed by atoms with van der Waals surface area (Å²) >= 11 is 1.43. The van der Waals surface area contributed by atoms with Crippen LogP contribution in [0.1, 0.15) is 43.0 Å². The van der Waals surface area contributed by atoms with Crippen LogP contribution in [0.5, 0.6) is 0 Å². The van der Waals surface area contributed by atoms with Crippen LogP contribution in [0.25, 0.3) is 10.2 Å². The van der Waals surface area contributed by atoms with Gasteiger partial charge in [0.25, 0.3) is 11.8 Å². The van der Waals surface area contributed by atoms with Gasteiger partial charge in [-0.05, 0) is 49.8 Å². The molecule has 8 heteroatoms. The summed E-state index contributed by atoms with van der Waals surface area (Å²) in [5.41, 5.74) is 4.49. The smallest absolute Gasteiger partial charge is 0.322 e. The fourth-order valence-corrected chi connectivity index (χ4v) is 4.19. The first-order chi connectivity index (χ1) is 12.0. The minimum Gasteiger partial charge on any atom is -0.322 e. The summed E-state index contributed by atoms with van der Waals surface area (Å²) in [5.74, 6) is -0.304. The lowest BCUT2D eigenvalue weighted by molar-refractivity contribution is -0.134. The minimum atomic E-state index is -0.863. The van der Waals surface area contributed by atoms with Crippen molar-refractivity contribution in [2.24, 2.45) is 5.92 Å². The van der Waals surface area contributed by atoms with Crippen molar-refractivity contribution in [3.8, 4) is 0 Å². The first-order valence-electron chi connectivity index (χ1n) is 8.29. The molecule has 1 aliphatic carbocycles. The Labute approximate surface area is 148 Å². The molecule has 1 saturated heterocycles. The van der Waals surface area contributed by atoms with Gasteiger partial charge in [0.05, 0.1) is 15.7 Å². The van der Waals surface area contributed by atoms with Crippen molar-refractivity contribution in [1.29, 1.82) is 0 Å². The van der Waals surface area contributed by atoms with Crippen LogP contribution < -0.4 is 10.7 Å². The molecule has 1 aromatic heterocycles. The van der Waals surface area contributed by atoms with E-state index in [1.165, 1.54) is 11.3 Å². The fourth-order valence-electron chi connectivity index (χ4n) is 3.48. The predicted molar refractivity (Wildman–Crippen MR) is 92.8 cm³/mol. The summed E-state index contributed by atoms with van der Waals surface area (Å²) in [6.07, 6.45) is 2.99. The van der Waals surface area contributed by atoms with E-state index < -0.39 is 17.5 Å². The second-order valence-corrected chi connectivity index (χ2v) is 7.70. The number of amides is 4. The number of carbonyl (C=O) groups excluding carboxylic acids is 3. The molecule has 1 saturated carbocycles. The van der Waals surface area contributed by atoms with E-state index in [0.717, 1.165) is 28.1 Å². The van der Waals surface area contributed by atoms with E-state index in [1.54, 1.807) is 23.7 Å². The lowest BCUT2D eigenvalue weighted by atomic mass is 9.77. The molecule has 0 radical (unpaired) electrons. The maximum Gasteiger partial charge on any atom is 0.344 e. The molecule has 2 fully saturated rings. The zero-order valence-corrected chi connectivity index (χ0v) is 14.6. The second kappa shape index (κ2) is 5.80. The third kappa shape index (κ3) is 2.66. The Morgan fingerprint density at radius 1 is 1.36 bits per heavy atom. The molecule has 0 bridgehead atoms. The van der Waals surface area contributed by atoms with Gasteiger partial charge in [-0.1, -0.05) is 6.92 Å². The molecule has 1 aromatic carbocycles. The Morgan fingerprint density at radius 2 is 2.12 bits per heavy atom. The van der Waals surface area contributed by atoms with E-state index in [-0.39, 0.29) is 5.91 Å². The van der Waals surface area contributed by atoms with Crippen molar-refractivity contribution < 1.29 is 14.4 Å². The van der Waals surface area contributed by atoms with E-state index in [1.807, 2.05) is 0 Å². The summed E-state index contributed by atoms with van der Waals surface area (Å²) in [6, 6.07) is 4.52. The van der Waals surface area contributed by atoms with Crippen molar-refractivity contribution >= 4 is 39.4 Å². The molecule has 7 nitrogen and oxygen atoms in total. The molecule has 2 heterocycles. The SMILES string of the molecule is CC1CCC2(CC1)NC(=O)N(NC(=O)c1ccc3ncsc3c1)C2=O. The summed E-state index contributed by atoms with van der Waals surface area (Å²) in [7, 11) is 0. The minimum absolute atomic E-state index is 0.364. The number of carbonyl (C=O) groups is 3. The molecular formula is C17H18N4O3S. The molecule has 0 atom stereocenters. The number of aromatic nitrogens is 1. The summed E-state index contributed by atoms with van der Waals surface area (Å²) in [6.45, 7) is 2.14. The van der Waals surface area contributed by atoms with Crippen LogP contribution in [0.15, 0.2) is 23.7 Å². The Morgan fingerprint density at radius 3 is 2.88 bits per heavy atom. The van der Waals surface area contributed by atoms with Gasteiger partial charge in [-0.2, -0.15) is 5.01 Å². The highest BCUT2D eigenvalue weighted by Gasteiger charge is 2.52. The lowest BCUT2D eigenvalue weighted by Crippen LogP contribution is -2.51. The number of urea groups is 1. The van der Waals surface area contributed by atoms with Crippen LogP contribution >= 0.6 is 11.3 Å². The predicted octanol–water partition coefficient (Wildman–Crippen LogP) is 2.44. The van der Waals surface area contributed by atoms with Crippen LogP contribution in [-0.2, 0) is 4.79 Å². The van der Waals surface area contributed by atoms with Crippen molar-refractivity contribution in [3.63, 3.8) is 0 Å². The molecule has 130 valence electrons. The fraction of sp³-hybridized carbons (Fsp3) is 0.412. The largest absolute Gasteiger partial charge is 0.344 e. The lowest BCUT2D eigenvalue weighted by Gasteiger charge is -2.33. The number of benzene rings is 1. The molecule has 0 unspecified atom stereocenters. The number of nitrogens with one attached hydrogen (secondary N) is 2. The molecule has 1 aliphatic heterocycles. The molecule has 25 heavy (non-hydrogen) atoms. The maximum atomic E-state index is 12.8. The van der Waals surface area contributed by atoms with Gasteiger partial charge in [-0.25, -0.2) is 9.78 Å². The van der Waals surface area contributed by atoms with Crippen molar-refractivity contribution in [2.75, 3.05) is 0 Å². The van der Waals surface area contributed by atoms with E-state index in [9.17, 15) is 14.4 Å². The second-order valence-electron chi connectivity index (χ2n) is 6.81. The molecule has 2 aliphatic rings. The van der Waals surface area contributed by atoms with Gasteiger partial charge in [0.15, 0.2) is 0 Å². The third-order valence-electron chi connectivity index (χ3n) is 5.10. The summed E-state index contributed by atoms with van der Waals surface area (Å²) in [5, 5.41) is 3.62. The standard InChI is InChI=1S/C17H18N4O3S/c1-10-4-6-17(7-5-10)15(23)21(16(24)19-17)20-14(22)11-2-3-12-13(8-11)25-9-18-12/h2-3,8-10H,4-7H2,1H3,(H,19,24)(H,20,22). The number of hydrogen-bond acceptors (Lipinski definition) is 5. The number of thiazole rings is 1. The normalized spacial score (nSPS) is 26.3. The van der Waals surface area contributed by atoms with Gasteiger partial charge in [0, 0.05) is 5.56 Å².